The Morgan fingerprint density at radius 3 is 2.83 bits per heavy atom. The SMILES string of the molecule is CCCNC(=O)c1cc2sc(Br)cc2n1CCOc1ccccc1. The Kier molecular flexibility index (Phi) is 5.58. The highest BCUT2D eigenvalue weighted by atomic mass is 79.9. The van der Waals surface area contributed by atoms with Gasteiger partial charge in [-0.25, -0.2) is 0 Å². The molecule has 0 aliphatic rings. The van der Waals surface area contributed by atoms with Gasteiger partial charge in [0.1, 0.15) is 18.1 Å². The van der Waals surface area contributed by atoms with Crippen molar-refractivity contribution in [2.45, 2.75) is 19.9 Å². The van der Waals surface area contributed by atoms with E-state index in [1.54, 1.807) is 11.3 Å². The third kappa shape index (κ3) is 3.82. The fourth-order valence-corrected chi connectivity index (χ4v) is 4.11. The van der Waals surface area contributed by atoms with E-state index in [9.17, 15) is 4.79 Å². The van der Waals surface area contributed by atoms with Crippen LogP contribution in [0.25, 0.3) is 10.2 Å². The van der Waals surface area contributed by atoms with Gasteiger partial charge in [-0.1, -0.05) is 25.1 Å². The van der Waals surface area contributed by atoms with E-state index >= 15 is 0 Å². The number of fused-ring (bicyclic) bond motifs is 1. The van der Waals surface area contributed by atoms with E-state index in [2.05, 4.69) is 27.3 Å². The molecule has 6 heteroatoms. The summed E-state index contributed by atoms with van der Waals surface area (Å²) in [5.74, 6) is 0.806. The fourth-order valence-electron chi connectivity index (χ4n) is 2.54. The molecule has 1 N–H and O–H groups in total. The maximum Gasteiger partial charge on any atom is 0.267 e. The van der Waals surface area contributed by atoms with Gasteiger partial charge < -0.3 is 14.6 Å². The lowest BCUT2D eigenvalue weighted by Crippen LogP contribution is -2.27. The first kappa shape index (κ1) is 17.0. The third-order valence-electron chi connectivity index (χ3n) is 3.65. The number of para-hydroxylation sites is 1. The number of amides is 1. The van der Waals surface area contributed by atoms with Gasteiger partial charge in [0.05, 0.1) is 20.5 Å². The van der Waals surface area contributed by atoms with Crippen molar-refractivity contribution in [2.24, 2.45) is 0 Å². The van der Waals surface area contributed by atoms with Gasteiger partial charge in [0.15, 0.2) is 0 Å². The monoisotopic (exact) mass is 406 g/mol. The summed E-state index contributed by atoms with van der Waals surface area (Å²) >= 11 is 5.15. The van der Waals surface area contributed by atoms with Gasteiger partial charge in [-0.3, -0.25) is 4.79 Å². The molecule has 2 heterocycles. The minimum atomic E-state index is -0.0314. The molecule has 1 amide bonds. The van der Waals surface area contributed by atoms with E-state index < -0.39 is 0 Å². The number of nitrogens with zero attached hydrogens (tertiary/aromatic N) is 1. The average molecular weight is 407 g/mol. The zero-order chi connectivity index (χ0) is 16.9. The van der Waals surface area contributed by atoms with Crippen molar-refractivity contribution in [1.82, 2.24) is 9.88 Å². The zero-order valence-electron chi connectivity index (χ0n) is 13.4. The number of ether oxygens (including phenoxy) is 1. The normalized spacial score (nSPS) is 10.9. The molecule has 0 saturated carbocycles. The molecule has 126 valence electrons. The molecule has 24 heavy (non-hydrogen) atoms. The number of halogens is 1. The summed E-state index contributed by atoms with van der Waals surface area (Å²) < 4.78 is 9.98. The molecular formula is C18H19BrN2O2S. The molecule has 0 aliphatic heterocycles. The number of hydrogen-bond acceptors (Lipinski definition) is 3. The second-order valence-corrected chi connectivity index (χ2v) is 7.86. The number of benzene rings is 1. The fraction of sp³-hybridized carbons (Fsp3) is 0.278. The quantitative estimate of drug-likeness (QED) is 0.618. The van der Waals surface area contributed by atoms with Crippen LogP contribution in [0.5, 0.6) is 5.75 Å². The summed E-state index contributed by atoms with van der Waals surface area (Å²) in [4.78, 5) is 12.4. The van der Waals surface area contributed by atoms with E-state index in [1.165, 1.54) is 0 Å². The molecule has 0 spiro atoms. The minimum Gasteiger partial charge on any atom is -0.492 e. The Hall–Kier alpha value is -1.79. The molecule has 0 saturated heterocycles. The second kappa shape index (κ2) is 7.85. The van der Waals surface area contributed by atoms with Gasteiger partial charge in [-0.15, -0.1) is 11.3 Å². The molecule has 3 rings (SSSR count). The molecule has 4 nitrogen and oxygen atoms in total. The summed E-state index contributed by atoms with van der Waals surface area (Å²) in [6.07, 6.45) is 0.920. The predicted molar refractivity (Wildman–Crippen MR) is 102 cm³/mol. The van der Waals surface area contributed by atoms with Crippen LogP contribution in [0, 0.1) is 0 Å². The number of aromatic nitrogens is 1. The first-order valence-corrected chi connectivity index (χ1v) is 9.54. The zero-order valence-corrected chi connectivity index (χ0v) is 15.8. The highest BCUT2D eigenvalue weighted by Gasteiger charge is 2.17. The van der Waals surface area contributed by atoms with E-state index in [-0.39, 0.29) is 5.91 Å². The molecule has 0 atom stereocenters. The van der Waals surface area contributed by atoms with Crippen molar-refractivity contribution >= 4 is 43.4 Å². The second-order valence-electron chi connectivity index (χ2n) is 5.40. The van der Waals surface area contributed by atoms with Crippen LogP contribution in [-0.4, -0.2) is 23.6 Å². The van der Waals surface area contributed by atoms with Gasteiger partial charge in [-0.2, -0.15) is 0 Å². The van der Waals surface area contributed by atoms with Crippen LogP contribution < -0.4 is 10.1 Å². The van der Waals surface area contributed by atoms with Crippen molar-refractivity contribution in [2.75, 3.05) is 13.2 Å². The number of nitrogens with one attached hydrogen (secondary N) is 1. The number of hydrogen-bond donors (Lipinski definition) is 1. The van der Waals surface area contributed by atoms with Crippen molar-refractivity contribution in [3.8, 4) is 5.75 Å². The molecule has 1 aromatic carbocycles. The Labute approximate surface area is 153 Å². The van der Waals surface area contributed by atoms with Crippen molar-refractivity contribution < 1.29 is 9.53 Å². The smallest absolute Gasteiger partial charge is 0.267 e. The molecule has 0 unspecified atom stereocenters. The summed E-state index contributed by atoms with van der Waals surface area (Å²) in [6, 6.07) is 13.7. The highest BCUT2D eigenvalue weighted by Crippen LogP contribution is 2.32. The van der Waals surface area contributed by atoms with Gasteiger partial charge in [0.2, 0.25) is 0 Å². The Morgan fingerprint density at radius 1 is 1.29 bits per heavy atom. The topological polar surface area (TPSA) is 43.3 Å². The van der Waals surface area contributed by atoms with E-state index in [1.807, 2.05) is 47.9 Å². The van der Waals surface area contributed by atoms with Crippen LogP contribution in [0.3, 0.4) is 0 Å². The first-order valence-electron chi connectivity index (χ1n) is 7.93. The van der Waals surface area contributed by atoms with Crippen LogP contribution in [0.1, 0.15) is 23.8 Å². The summed E-state index contributed by atoms with van der Waals surface area (Å²) in [5, 5.41) is 2.95. The molecule has 0 bridgehead atoms. The number of carbonyl (C=O) groups excluding carboxylic acids is 1. The summed E-state index contributed by atoms with van der Waals surface area (Å²) in [6.45, 7) is 3.86. The van der Waals surface area contributed by atoms with Gasteiger partial charge >= 0.3 is 0 Å². The van der Waals surface area contributed by atoms with Crippen LogP contribution in [0.4, 0.5) is 0 Å². The Bertz CT molecular complexity index is 826. The molecule has 3 aromatic rings. The predicted octanol–water partition coefficient (Wildman–Crippen LogP) is 4.68. The molecular weight excluding hydrogens is 388 g/mol. The van der Waals surface area contributed by atoms with E-state index in [0.717, 1.165) is 26.2 Å². The average Bonchev–Trinajstić information content (AvgIpc) is 3.10. The van der Waals surface area contributed by atoms with Crippen LogP contribution in [0.2, 0.25) is 0 Å². The van der Waals surface area contributed by atoms with Crippen LogP contribution >= 0.6 is 27.3 Å². The Morgan fingerprint density at radius 2 is 2.08 bits per heavy atom. The Balaban J connectivity index is 1.79. The molecule has 0 aliphatic carbocycles. The highest BCUT2D eigenvalue weighted by molar-refractivity contribution is 9.11. The van der Waals surface area contributed by atoms with Crippen molar-refractivity contribution in [1.29, 1.82) is 0 Å². The van der Waals surface area contributed by atoms with Crippen LogP contribution in [0.15, 0.2) is 46.3 Å². The lowest BCUT2D eigenvalue weighted by molar-refractivity contribution is 0.0944. The number of thiophene rings is 1. The third-order valence-corrected chi connectivity index (χ3v) is 5.23. The molecule has 0 radical (unpaired) electrons. The largest absolute Gasteiger partial charge is 0.492 e. The lowest BCUT2D eigenvalue weighted by atomic mass is 10.3. The van der Waals surface area contributed by atoms with Crippen molar-refractivity contribution in [3.05, 3.63) is 51.9 Å². The first-order chi connectivity index (χ1) is 11.7. The molecule has 2 aromatic heterocycles. The number of carbonyl (C=O) groups is 1. The lowest BCUT2D eigenvalue weighted by Gasteiger charge is -2.11. The molecule has 0 fully saturated rings. The van der Waals surface area contributed by atoms with E-state index in [0.29, 0.717) is 25.4 Å². The number of rotatable bonds is 7. The minimum absolute atomic E-state index is 0.0314. The van der Waals surface area contributed by atoms with Gasteiger partial charge in [-0.05, 0) is 46.6 Å². The van der Waals surface area contributed by atoms with Crippen LogP contribution in [-0.2, 0) is 6.54 Å². The summed E-state index contributed by atoms with van der Waals surface area (Å²) in [7, 11) is 0. The standard InChI is InChI=1S/C18H19BrN2O2S/c1-2-8-20-18(22)15-11-16-14(12-17(19)24-16)21(15)9-10-23-13-6-4-3-5-7-13/h3-7,11-12H,2,8-10H2,1H3,(H,20,22). The van der Waals surface area contributed by atoms with Crippen molar-refractivity contribution in [3.63, 3.8) is 0 Å². The van der Waals surface area contributed by atoms with Gasteiger partial charge in [0, 0.05) is 6.54 Å². The summed E-state index contributed by atoms with van der Waals surface area (Å²) in [5.41, 5.74) is 1.75. The maximum absolute atomic E-state index is 12.4. The maximum atomic E-state index is 12.4. The van der Waals surface area contributed by atoms with E-state index in [4.69, 9.17) is 4.74 Å². The van der Waals surface area contributed by atoms with Gasteiger partial charge in [0.25, 0.3) is 5.91 Å².